The van der Waals surface area contributed by atoms with Gasteiger partial charge >= 0.3 is 48.9 Å². The number of rotatable bonds is 2. The standard InChI is InChI=1S/2C6H5NO2.Ba/c2*8-6(9)5-3-1-2-4-7-5;/h2*1-4H,(H,8,9);/q;;+2/p-2. The molecule has 0 aliphatic carbocycles. The second kappa shape index (κ2) is 9.70. The number of carbonyl (C=O) groups is 2. The number of pyridine rings is 2. The van der Waals surface area contributed by atoms with Crippen LogP contribution in [0.5, 0.6) is 0 Å². The molecule has 0 fully saturated rings. The van der Waals surface area contributed by atoms with Gasteiger partial charge in [-0.15, -0.1) is 0 Å². The quantitative estimate of drug-likeness (QED) is 0.587. The van der Waals surface area contributed by atoms with Gasteiger partial charge in [0.1, 0.15) is 0 Å². The van der Waals surface area contributed by atoms with Crippen molar-refractivity contribution in [3.05, 3.63) is 60.2 Å². The van der Waals surface area contributed by atoms with Gasteiger partial charge in [-0.2, -0.15) is 0 Å². The van der Waals surface area contributed by atoms with Crippen molar-refractivity contribution in [2.24, 2.45) is 0 Å². The van der Waals surface area contributed by atoms with Crippen molar-refractivity contribution >= 4 is 60.8 Å². The van der Waals surface area contributed by atoms with Crippen molar-refractivity contribution < 1.29 is 19.8 Å². The van der Waals surface area contributed by atoms with Gasteiger partial charge in [0.15, 0.2) is 0 Å². The number of carboxylic acid groups (broad SMARTS) is 2. The largest absolute Gasteiger partial charge is 2.00 e. The first kappa shape index (κ1) is 17.8. The van der Waals surface area contributed by atoms with E-state index in [-0.39, 0.29) is 60.3 Å². The molecule has 0 N–H and O–H groups in total. The van der Waals surface area contributed by atoms with E-state index < -0.39 is 11.9 Å². The maximum absolute atomic E-state index is 10.0. The van der Waals surface area contributed by atoms with Crippen LogP contribution < -0.4 is 10.2 Å². The second-order valence-corrected chi connectivity index (χ2v) is 3.00. The summed E-state index contributed by atoms with van der Waals surface area (Å²) in [5.74, 6) is -2.48. The summed E-state index contributed by atoms with van der Waals surface area (Å²) in [5, 5.41) is 20.1. The van der Waals surface area contributed by atoms with Crippen LogP contribution in [0.15, 0.2) is 48.8 Å². The molecule has 2 heterocycles. The zero-order chi connectivity index (χ0) is 13.4. The summed E-state index contributed by atoms with van der Waals surface area (Å²) in [6.07, 6.45) is 2.82. The van der Waals surface area contributed by atoms with Crippen molar-refractivity contribution in [3.8, 4) is 0 Å². The molecular weight excluding hydrogens is 373 g/mol. The number of carboxylic acids is 2. The molecule has 92 valence electrons. The first-order valence-corrected chi connectivity index (χ1v) is 4.86. The molecule has 0 saturated heterocycles. The fourth-order valence-corrected chi connectivity index (χ4v) is 0.967. The van der Waals surface area contributed by atoms with Gasteiger partial charge in [0.2, 0.25) is 0 Å². The number of nitrogens with zero attached hydrogens (tertiary/aromatic N) is 2. The van der Waals surface area contributed by atoms with Crippen LogP contribution in [0, 0.1) is 0 Å². The zero-order valence-corrected chi connectivity index (χ0v) is 14.3. The van der Waals surface area contributed by atoms with E-state index in [2.05, 4.69) is 9.97 Å². The average molecular weight is 382 g/mol. The molecule has 0 spiro atoms. The molecule has 0 aliphatic heterocycles. The third-order valence-electron chi connectivity index (χ3n) is 1.75. The Morgan fingerprint density at radius 1 is 0.789 bits per heavy atom. The fourth-order valence-electron chi connectivity index (χ4n) is 0.967. The molecule has 0 aromatic carbocycles. The summed E-state index contributed by atoms with van der Waals surface area (Å²) < 4.78 is 0. The van der Waals surface area contributed by atoms with E-state index in [4.69, 9.17) is 0 Å². The normalized spacial score (nSPS) is 8.42. The minimum Gasteiger partial charge on any atom is -0.543 e. The van der Waals surface area contributed by atoms with E-state index in [0.717, 1.165) is 0 Å². The summed E-state index contributed by atoms with van der Waals surface area (Å²) >= 11 is 0. The number of carbonyl (C=O) groups excluding carboxylic acids is 2. The molecule has 0 unspecified atom stereocenters. The Morgan fingerprint density at radius 3 is 1.32 bits per heavy atom. The number of hydrogen-bond acceptors (Lipinski definition) is 6. The van der Waals surface area contributed by atoms with Crippen LogP contribution in [0.2, 0.25) is 0 Å². The third kappa shape index (κ3) is 7.09. The van der Waals surface area contributed by atoms with E-state index >= 15 is 0 Å². The Kier molecular flexibility index (Phi) is 9.10. The molecule has 0 amide bonds. The summed E-state index contributed by atoms with van der Waals surface area (Å²) in [4.78, 5) is 27.1. The van der Waals surface area contributed by atoms with Gasteiger partial charge in [0.05, 0.1) is 23.3 Å². The first-order valence-electron chi connectivity index (χ1n) is 4.86. The van der Waals surface area contributed by atoms with Crippen LogP contribution >= 0.6 is 0 Å². The third-order valence-corrected chi connectivity index (χ3v) is 1.75. The van der Waals surface area contributed by atoms with Crippen molar-refractivity contribution in [2.45, 2.75) is 0 Å². The molecule has 0 bridgehead atoms. The Morgan fingerprint density at radius 2 is 1.16 bits per heavy atom. The van der Waals surface area contributed by atoms with Crippen molar-refractivity contribution in [1.82, 2.24) is 9.97 Å². The summed E-state index contributed by atoms with van der Waals surface area (Å²) in [6, 6.07) is 9.25. The monoisotopic (exact) mass is 382 g/mol. The molecule has 7 heteroatoms. The van der Waals surface area contributed by atoms with E-state index in [0.29, 0.717) is 0 Å². The van der Waals surface area contributed by atoms with Crippen molar-refractivity contribution in [3.63, 3.8) is 0 Å². The molecular formula is C12H8BaN2O4. The van der Waals surface area contributed by atoms with Crippen molar-refractivity contribution in [2.75, 3.05) is 0 Å². The van der Waals surface area contributed by atoms with E-state index in [1.807, 2.05) is 0 Å². The summed E-state index contributed by atoms with van der Waals surface area (Å²) in [5.41, 5.74) is -0.0602. The molecule has 0 radical (unpaired) electrons. The van der Waals surface area contributed by atoms with Crippen LogP contribution in [-0.2, 0) is 0 Å². The van der Waals surface area contributed by atoms with Gasteiger partial charge in [-0.25, -0.2) is 0 Å². The number of aromatic carboxylic acids is 2. The van der Waals surface area contributed by atoms with E-state index in [9.17, 15) is 19.8 Å². The van der Waals surface area contributed by atoms with Gasteiger partial charge < -0.3 is 19.8 Å². The average Bonchev–Trinajstić information content (AvgIpc) is 2.41. The predicted molar refractivity (Wildman–Crippen MR) is 62.9 cm³/mol. The molecule has 0 saturated carbocycles. The smallest absolute Gasteiger partial charge is 0.543 e. The molecule has 2 aromatic heterocycles. The van der Waals surface area contributed by atoms with Crippen LogP contribution in [-0.4, -0.2) is 70.8 Å². The van der Waals surface area contributed by atoms with Crippen LogP contribution in [0.25, 0.3) is 0 Å². The Balaban J connectivity index is 0.000000324. The Labute approximate surface area is 149 Å². The molecule has 2 aromatic rings. The van der Waals surface area contributed by atoms with Gasteiger partial charge in [-0.3, -0.25) is 9.97 Å². The number of hydrogen-bond donors (Lipinski definition) is 0. The molecule has 19 heavy (non-hydrogen) atoms. The predicted octanol–water partition coefficient (Wildman–Crippen LogP) is -1.49. The minimum atomic E-state index is -1.24. The van der Waals surface area contributed by atoms with Gasteiger partial charge in [-0.1, -0.05) is 12.1 Å². The SMILES string of the molecule is O=C([O-])c1ccccn1.O=C([O-])c1ccccn1.[Ba+2]. The Hall–Kier alpha value is -1.19. The van der Waals surface area contributed by atoms with Gasteiger partial charge in [0.25, 0.3) is 0 Å². The topological polar surface area (TPSA) is 106 Å². The number of aromatic nitrogens is 2. The molecule has 6 nitrogen and oxygen atoms in total. The minimum absolute atomic E-state index is 0. The first-order chi connectivity index (χ1) is 8.61. The summed E-state index contributed by atoms with van der Waals surface area (Å²) in [6.45, 7) is 0. The maximum Gasteiger partial charge on any atom is 2.00 e. The van der Waals surface area contributed by atoms with E-state index in [1.54, 1.807) is 24.3 Å². The summed E-state index contributed by atoms with van der Waals surface area (Å²) in [7, 11) is 0. The fraction of sp³-hybridized carbons (Fsp3) is 0. The van der Waals surface area contributed by atoms with Crippen LogP contribution in [0.3, 0.4) is 0 Å². The van der Waals surface area contributed by atoms with Gasteiger partial charge in [0, 0.05) is 12.4 Å². The van der Waals surface area contributed by atoms with Gasteiger partial charge in [-0.05, 0) is 24.3 Å². The molecule has 0 atom stereocenters. The molecule has 0 aliphatic rings. The van der Waals surface area contributed by atoms with Crippen LogP contribution in [0.1, 0.15) is 21.0 Å². The second-order valence-electron chi connectivity index (χ2n) is 3.00. The van der Waals surface area contributed by atoms with E-state index in [1.165, 1.54) is 24.5 Å². The zero-order valence-electron chi connectivity index (χ0n) is 9.85. The Bertz CT molecular complexity index is 470. The molecule has 2 rings (SSSR count). The van der Waals surface area contributed by atoms with Crippen molar-refractivity contribution in [1.29, 1.82) is 0 Å². The van der Waals surface area contributed by atoms with Crippen LogP contribution in [0.4, 0.5) is 0 Å². The maximum atomic E-state index is 10.0.